The lowest BCUT2D eigenvalue weighted by molar-refractivity contribution is -0.172. The maximum Gasteiger partial charge on any atom is 0.343 e. The van der Waals surface area contributed by atoms with Gasteiger partial charge in [-0.3, -0.25) is 4.79 Å². The summed E-state index contributed by atoms with van der Waals surface area (Å²) in [4.78, 5) is 30.5. The number of nitrogens with two attached hydrogens (primary N) is 1. The van der Waals surface area contributed by atoms with E-state index in [4.69, 9.17) is 15.5 Å². The van der Waals surface area contributed by atoms with Gasteiger partial charge < -0.3 is 20.1 Å². The average molecular weight is 435 g/mol. The molecule has 0 spiro atoms. The minimum absolute atomic E-state index is 0.0801. The van der Waals surface area contributed by atoms with Gasteiger partial charge in [-0.05, 0) is 48.9 Å². The van der Waals surface area contributed by atoms with Gasteiger partial charge in [-0.15, -0.1) is 0 Å². The highest BCUT2D eigenvalue weighted by Gasteiger charge is 2.45. The summed E-state index contributed by atoms with van der Waals surface area (Å²) in [6, 6.07) is 2.84. The topological polar surface area (TPSA) is 107 Å². The number of aryl methyl sites for hydroxylation is 1. The van der Waals surface area contributed by atoms with Crippen LogP contribution in [0.4, 0.5) is 4.39 Å². The molecular formula is C24H22FN3O4. The molecule has 7 nitrogen and oxygen atoms in total. The Bertz CT molecular complexity index is 1440. The minimum atomic E-state index is -1.88. The van der Waals surface area contributed by atoms with Crippen molar-refractivity contribution in [1.82, 2.24) is 9.55 Å². The Morgan fingerprint density at radius 3 is 2.84 bits per heavy atom. The number of aromatic nitrogens is 2. The summed E-state index contributed by atoms with van der Waals surface area (Å²) in [6.07, 6.45) is 1.47. The molecule has 4 heterocycles. The largest absolute Gasteiger partial charge is 0.458 e. The number of esters is 1. The molecule has 0 radical (unpaired) electrons. The van der Waals surface area contributed by atoms with Gasteiger partial charge in [0.25, 0.3) is 5.56 Å². The van der Waals surface area contributed by atoms with Gasteiger partial charge in [-0.2, -0.15) is 0 Å². The van der Waals surface area contributed by atoms with Crippen molar-refractivity contribution in [3.8, 4) is 11.4 Å². The van der Waals surface area contributed by atoms with Gasteiger partial charge >= 0.3 is 5.97 Å². The van der Waals surface area contributed by atoms with Crippen LogP contribution in [0.2, 0.25) is 0 Å². The first-order valence-electron chi connectivity index (χ1n) is 10.8. The molecule has 0 fully saturated rings. The van der Waals surface area contributed by atoms with Crippen molar-refractivity contribution >= 4 is 16.9 Å². The predicted molar refractivity (Wildman–Crippen MR) is 114 cm³/mol. The Hall–Kier alpha value is -3.10. The van der Waals surface area contributed by atoms with Crippen LogP contribution >= 0.6 is 0 Å². The van der Waals surface area contributed by atoms with Crippen LogP contribution in [0.1, 0.15) is 59.2 Å². The molecular weight excluding hydrogens is 413 g/mol. The molecule has 1 aliphatic carbocycles. The van der Waals surface area contributed by atoms with E-state index >= 15 is 0 Å². The van der Waals surface area contributed by atoms with Crippen molar-refractivity contribution in [2.75, 3.05) is 0 Å². The standard InChI is InChI=1S/C24H22FN3O4/c1-3-24(31)14-6-18-21-12(8-28(18)22(29)13(14)9-32-23(24)30)11-4-5-16(26)19-10(2)15(25)7-17(27-21)20(11)19/h6-7,16,31H,3-5,8-9,26H2,1-2H3/t16?,24-/m0/s1. The van der Waals surface area contributed by atoms with Crippen molar-refractivity contribution < 1.29 is 19.0 Å². The molecule has 32 heavy (non-hydrogen) atoms. The van der Waals surface area contributed by atoms with Crippen molar-refractivity contribution in [1.29, 1.82) is 0 Å². The summed E-state index contributed by atoms with van der Waals surface area (Å²) in [6.45, 7) is 3.57. The summed E-state index contributed by atoms with van der Waals surface area (Å²) < 4.78 is 21.5. The molecule has 1 unspecified atom stereocenters. The normalized spacial score (nSPS) is 23.0. The fourth-order valence-corrected chi connectivity index (χ4v) is 5.62. The molecule has 3 aliphatic rings. The SMILES string of the molecule is CC[C@@]1(O)C(=O)OCc2c1cc1n(c2=O)Cc2c-1nc1cc(F)c(C)c3c1c2CCC3N. The van der Waals surface area contributed by atoms with Crippen LogP contribution in [0.15, 0.2) is 16.9 Å². The molecule has 2 aliphatic heterocycles. The average Bonchev–Trinajstić information content (AvgIpc) is 3.14. The first-order chi connectivity index (χ1) is 15.3. The van der Waals surface area contributed by atoms with Crippen LogP contribution in [-0.4, -0.2) is 20.6 Å². The Morgan fingerprint density at radius 2 is 2.09 bits per heavy atom. The van der Waals surface area contributed by atoms with Gasteiger partial charge in [-0.1, -0.05) is 6.92 Å². The number of aliphatic hydroxyl groups is 1. The number of carbonyl (C=O) groups is 1. The third-order valence-electron chi connectivity index (χ3n) is 7.41. The van der Waals surface area contributed by atoms with Crippen molar-refractivity contribution in [3.05, 3.63) is 61.7 Å². The van der Waals surface area contributed by atoms with E-state index in [0.717, 1.165) is 22.1 Å². The molecule has 1 aromatic carbocycles. The number of benzene rings is 1. The molecule has 3 N–H and O–H groups in total. The first kappa shape index (κ1) is 19.6. The van der Waals surface area contributed by atoms with E-state index in [1.165, 1.54) is 6.07 Å². The highest BCUT2D eigenvalue weighted by Crippen LogP contribution is 2.44. The summed E-state index contributed by atoms with van der Waals surface area (Å²) in [5.41, 5.74) is 9.65. The maximum absolute atomic E-state index is 14.7. The summed E-state index contributed by atoms with van der Waals surface area (Å²) in [7, 11) is 0. The van der Waals surface area contributed by atoms with Crippen LogP contribution in [0, 0.1) is 12.7 Å². The minimum Gasteiger partial charge on any atom is -0.458 e. The lowest BCUT2D eigenvalue weighted by Crippen LogP contribution is -2.44. The zero-order valence-electron chi connectivity index (χ0n) is 17.8. The Labute approximate surface area is 182 Å². The van der Waals surface area contributed by atoms with Gasteiger partial charge in [0.2, 0.25) is 0 Å². The lowest BCUT2D eigenvalue weighted by atomic mass is 9.82. The van der Waals surface area contributed by atoms with Crippen LogP contribution in [-0.2, 0) is 34.7 Å². The number of nitrogens with zero attached hydrogens (tertiary/aromatic N) is 2. The van der Waals surface area contributed by atoms with Crippen molar-refractivity contribution in [2.45, 2.75) is 57.9 Å². The fraction of sp³-hybridized carbons (Fsp3) is 0.375. The van der Waals surface area contributed by atoms with E-state index in [0.29, 0.717) is 41.9 Å². The quantitative estimate of drug-likeness (QED) is 0.445. The monoisotopic (exact) mass is 435 g/mol. The second kappa shape index (κ2) is 6.24. The number of fused-ring (bicyclic) bond motifs is 5. The summed E-state index contributed by atoms with van der Waals surface area (Å²) in [5, 5.41) is 11.9. The zero-order chi connectivity index (χ0) is 22.5. The Balaban J connectivity index is 1.69. The third-order valence-corrected chi connectivity index (χ3v) is 7.41. The fourth-order valence-electron chi connectivity index (χ4n) is 5.62. The molecule has 8 heteroatoms. The first-order valence-corrected chi connectivity index (χ1v) is 10.8. The molecule has 2 aromatic heterocycles. The highest BCUT2D eigenvalue weighted by atomic mass is 19.1. The molecule has 6 rings (SSSR count). The number of rotatable bonds is 1. The van der Waals surface area contributed by atoms with Gasteiger partial charge in [0.1, 0.15) is 12.4 Å². The number of ether oxygens (including phenoxy) is 1. The highest BCUT2D eigenvalue weighted by molar-refractivity contribution is 5.93. The van der Waals surface area contributed by atoms with Gasteiger partial charge in [-0.25, -0.2) is 14.2 Å². The number of hydrogen-bond donors (Lipinski definition) is 2. The van der Waals surface area contributed by atoms with Crippen molar-refractivity contribution in [2.24, 2.45) is 5.73 Å². The third kappa shape index (κ3) is 2.23. The Morgan fingerprint density at radius 1 is 1.31 bits per heavy atom. The second-order valence-corrected chi connectivity index (χ2v) is 8.96. The predicted octanol–water partition coefficient (Wildman–Crippen LogP) is 2.47. The molecule has 0 saturated heterocycles. The molecule has 3 aromatic rings. The summed E-state index contributed by atoms with van der Waals surface area (Å²) in [5.74, 6) is -1.11. The van der Waals surface area contributed by atoms with Crippen LogP contribution in [0.5, 0.6) is 0 Å². The maximum atomic E-state index is 14.7. The molecule has 0 amide bonds. The van der Waals surface area contributed by atoms with E-state index in [-0.39, 0.29) is 41.6 Å². The van der Waals surface area contributed by atoms with Gasteiger partial charge in [0.15, 0.2) is 5.60 Å². The molecule has 2 atom stereocenters. The van der Waals surface area contributed by atoms with Crippen LogP contribution in [0.25, 0.3) is 22.3 Å². The van der Waals surface area contributed by atoms with Crippen LogP contribution in [0.3, 0.4) is 0 Å². The van der Waals surface area contributed by atoms with E-state index in [1.54, 1.807) is 24.5 Å². The Kier molecular flexibility index (Phi) is 3.81. The zero-order valence-corrected chi connectivity index (χ0v) is 17.8. The van der Waals surface area contributed by atoms with Crippen molar-refractivity contribution in [3.63, 3.8) is 0 Å². The number of carbonyl (C=O) groups excluding carboxylic acids is 1. The molecule has 0 bridgehead atoms. The van der Waals surface area contributed by atoms with E-state index in [9.17, 15) is 19.1 Å². The number of pyridine rings is 2. The van der Waals surface area contributed by atoms with E-state index < -0.39 is 11.6 Å². The van der Waals surface area contributed by atoms with Gasteiger partial charge in [0, 0.05) is 28.6 Å². The second-order valence-electron chi connectivity index (χ2n) is 8.96. The van der Waals surface area contributed by atoms with E-state index in [1.807, 2.05) is 0 Å². The van der Waals surface area contributed by atoms with Gasteiger partial charge in [0.05, 0.1) is 29.0 Å². The van der Waals surface area contributed by atoms with Crippen LogP contribution < -0.4 is 11.3 Å². The smallest absolute Gasteiger partial charge is 0.343 e. The summed E-state index contributed by atoms with van der Waals surface area (Å²) >= 11 is 0. The number of cyclic esters (lactones) is 1. The lowest BCUT2D eigenvalue weighted by Gasteiger charge is -2.31. The molecule has 164 valence electrons. The van der Waals surface area contributed by atoms with E-state index in [2.05, 4.69) is 0 Å². The number of hydrogen-bond acceptors (Lipinski definition) is 6. The number of halogens is 1. The molecule has 0 saturated carbocycles.